The third-order valence-electron chi connectivity index (χ3n) is 1.67. The molecule has 0 aromatic rings. The van der Waals surface area contributed by atoms with Gasteiger partial charge in [0.2, 0.25) is 0 Å². The van der Waals surface area contributed by atoms with Crippen LogP contribution in [0.1, 0.15) is 0 Å². The molecule has 9 heteroatoms. The maximum atomic E-state index is 10.6. The van der Waals surface area contributed by atoms with Gasteiger partial charge < -0.3 is 4.55 Å². The minimum Gasteiger partial charge on any atom is -0.748 e. The van der Waals surface area contributed by atoms with Crippen molar-refractivity contribution in [2.75, 3.05) is 18.1 Å². The first-order chi connectivity index (χ1) is 6.40. The van der Waals surface area contributed by atoms with Crippen molar-refractivity contribution in [1.82, 2.24) is 0 Å². The zero-order chi connectivity index (χ0) is 10.8. The molecule has 0 amide bonds. The Hall–Kier alpha value is 1.63. The molecule has 1 aliphatic heterocycles. The first-order valence-corrected chi connectivity index (χ1v) is 7.46. The van der Waals surface area contributed by atoms with Crippen LogP contribution in [0.5, 0.6) is 0 Å². The second-order valence-electron chi connectivity index (χ2n) is 2.81. The maximum Gasteiger partial charge on any atom is 1.00 e. The minimum absolute atomic E-state index is 0. The van der Waals surface area contributed by atoms with E-state index < -0.39 is 26.4 Å². The van der Waals surface area contributed by atoms with E-state index in [1.807, 2.05) is 0 Å². The molecule has 0 N–H and O–H groups in total. The molecular formula is C6H10NNaO3S4. The minimum atomic E-state index is -4.25. The number of rotatable bonds is 4. The SMILES string of the molecule is O=S(=O)([O-])CC(C1=NCCS1)C(S)S.[Na+]. The molecule has 1 unspecified atom stereocenters. The van der Waals surface area contributed by atoms with E-state index in [0.29, 0.717) is 11.6 Å². The van der Waals surface area contributed by atoms with Crippen molar-refractivity contribution >= 4 is 52.2 Å². The molecule has 0 fully saturated rings. The van der Waals surface area contributed by atoms with Crippen molar-refractivity contribution < 1.29 is 42.5 Å². The van der Waals surface area contributed by atoms with E-state index in [9.17, 15) is 13.0 Å². The average Bonchev–Trinajstić information content (AvgIpc) is 2.49. The van der Waals surface area contributed by atoms with Crippen LogP contribution in [0.3, 0.4) is 0 Å². The summed E-state index contributed by atoms with van der Waals surface area (Å²) in [5.41, 5.74) is 0. The summed E-state index contributed by atoms with van der Waals surface area (Å²) in [6.07, 6.45) is 0. The molecule has 82 valence electrons. The molecule has 0 saturated carbocycles. The van der Waals surface area contributed by atoms with Gasteiger partial charge in [-0.3, -0.25) is 4.99 Å². The normalized spacial score (nSPS) is 18.5. The Morgan fingerprint density at radius 1 is 1.53 bits per heavy atom. The Morgan fingerprint density at radius 2 is 2.13 bits per heavy atom. The molecule has 0 radical (unpaired) electrons. The van der Waals surface area contributed by atoms with Gasteiger partial charge in [-0.1, -0.05) is 0 Å². The van der Waals surface area contributed by atoms with E-state index in [1.165, 1.54) is 11.8 Å². The average molecular weight is 295 g/mol. The van der Waals surface area contributed by atoms with Crippen LogP contribution < -0.4 is 29.6 Å². The Morgan fingerprint density at radius 3 is 2.47 bits per heavy atom. The van der Waals surface area contributed by atoms with Gasteiger partial charge in [-0.2, -0.15) is 25.3 Å². The summed E-state index contributed by atoms with van der Waals surface area (Å²) in [7, 11) is -4.25. The Labute approximate surface area is 127 Å². The van der Waals surface area contributed by atoms with Crippen molar-refractivity contribution in [1.29, 1.82) is 0 Å². The fourth-order valence-corrected chi connectivity index (χ4v) is 3.96. The van der Waals surface area contributed by atoms with Gasteiger partial charge in [-0.15, -0.1) is 11.8 Å². The molecule has 0 aromatic heterocycles. The van der Waals surface area contributed by atoms with Gasteiger partial charge >= 0.3 is 29.6 Å². The molecular weight excluding hydrogens is 285 g/mol. The third kappa shape index (κ3) is 6.21. The zero-order valence-electron chi connectivity index (χ0n) is 8.16. The largest absolute Gasteiger partial charge is 1.00 e. The van der Waals surface area contributed by atoms with Crippen molar-refractivity contribution in [3.63, 3.8) is 0 Å². The summed E-state index contributed by atoms with van der Waals surface area (Å²) in [6.45, 7) is 0.670. The molecule has 0 saturated heterocycles. The van der Waals surface area contributed by atoms with E-state index in [4.69, 9.17) is 0 Å². The Bertz CT molecular complexity index is 329. The number of thiol groups is 2. The molecule has 4 nitrogen and oxygen atoms in total. The van der Waals surface area contributed by atoms with Crippen LogP contribution in [0.25, 0.3) is 0 Å². The number of thioether (sulfide) groups is 1. The number of aliphatic imine (C=N–C) groups is 1. The van der Waals surface area contributed by atoms with Gasteiger partial charge in [0.15, 0.2) is 0 Å². The maximum absolute atomic E-state index is 10.6. The second kappa shape index (κ2) is 7.15. The van der Waals surface area contributed by atoms with E-state index in [0.717, 1.165) is 5.75 Å². The van der Waals surface area contributed by atoms with Crippen LogP contribution in [0.2, 0.25) is 0 Å². The van der Waals surface area contributed by atoms with Crippen molar-refractivity contribution in [2.45, 2.75) is 4.58 Å². The fourth-order valence-electron chi connectivity index (χ4n) is 1.08. The fraction of sp³-hybridized carbons (Fsp3) is 0.833. The van der Waals surface area contributed by atoms with Gasteiger partial charge in [0.05, 0.1) is 19.7 Å². The molecule has 1 atom stereocenters. The van der Waals surface area contributed by atoms with Gasteiger partial charge in [-0.05, 0) is 0 Å². The van der Waals surface area contributed by atoms with E-state index in [-0.39, 0.29) is 29.6 Å². The Balaban J connectivity index is 0.00000196. The predicted molar refractivity (Wildman–Crippen MR) is 64.6 cm³/mol. The molecule has 15 heavy (non-hydrogen) atoms. The third-order valence-corrected chi connectivity index (χ3v) is 4.27. The molecule has 1 rings (SSSR count). The van der Waals surface area contributed by atoms with Crippen LogP contribution >= 0.6 is 37.0 Å². The van der Waals surface area contributed by atoms with E-state index in [2.05, 4.69) is 30.2 Å². The van der Waals surface area contributed by atoms with Crippen molar-refractivity contribution in [3.05, 3.63) is 0 Å². The van der Waals surface area contributed by atoms with Crippen molar-refractivity contribution in [3.8, 4) is 0 Å². The second-order valence-corrected chi connectivity index (χ2v) is 6.90. The van der Waals surface area contributed by atoms with Gasteiger partial charge in [0, 0.05) is 24.0 Å². The predicted octanol–water partition coefficient (Wildman–Crippen LogP) is -2.52. The topological polar surface area (TPSA) is 69.6 Å². The first-order valence-electron chi connectivity index (χ1n) is 3.87. The van der Waals surface area contributed by atoms with Gasteiger partial charge in [0.25, 0.3) is 0 Å². The van der Waals surface area contributed by atoms with E-state index >= 15 is 0 Å². The van der Waals surface area contributed by atoms with Crippen LogP contribution in [-0.2, 0) is 10.1 Å². The standard InChI is InChI=1S/C6H11NO3S4.Na/c8-14(9,10)3-4(6(11)12)5-7-1-2-13-5;/h4,6,11-12H,1-3H2,(H,8,9,10);/q;+1/p-1. The number of hydrogen-bond donors (Lipinski definition) is 2. The summed E-state index contributed by atoms with van der Waals surface area (Å²) >= 11 is 9.56. The van der Waals surface area contributed by atoms with Gasteiger partial charge in [-0.25, -0.2) is 8.42 Å². The molecule has 1 aliphatic rings. The molecule has 0 aliphatic carbocycles. The van der Waals surface area contributed by atoms with Gasteiger partial charge in [0.1, 0.15) is 0 Å². The van der Waals surface area contributed by atoms with Crippen molar-refractivity contribution in [2.24, 2.45) is 10.9 Å². The summed E-state index contributed by atoms with van der Waals surface area (Å²) in [5.74, 6) is -0.133. The zero-order valence-corrected chi connectivity index (χ0v) is 13.6. The summed E-state index contributed by atoms with van der Waals surface area (Å²) < 4.78 is 31.4. The Kier molecular flexibility index (Phi) is 7.93. The quantitative estimate of drug-likeness (QED) is 0.260. The number of nitrogens with zero attached hydrogens (tertiary/aromatic N) is 1. The van der Waals surface area contributed by atoms with E-state index in [1.54, 1.807) is 0 Å². The summed E-state index contributed by atoms with van der Waals surface area (Å²) in [4.78, 5) is 4.12. The van der Waals surface area contributed by atoms with Crippen LogP contribution in [-0.4, -0.2) is 40.6 Å². The van der Waals surface area contributed by atoms with Crippen LogP contribution in [0.15, 0.2) is 4.99 Å². The molecule has 0 bridgehead atoms. The van der Waals surface area contributed by atoms with Crippen LogP contribution in [0, 0.1) is 5.92 Å². The molecule has 0 aromatic carbocycles. The summed E-state index contributed by atoms with van der Waals surface area (Å²) in [6, 6.07) is 0. The van der Waals surface area contributed by atoms with Crippen LogP contribution in [0.4, 0.5) is 0 Å². The monoisotopic (exact) mass is 295 g/mol. The number of hydrogen-bond acceptors (Lipinski definition) is 7. The first kappa shape index (κ1) is 16.6. The molecule has 0 spiro atoms. The molecule has 1 heterocycles. The smallest absolute Gasteiger partial charge is 0.748 e. The summed E-state index contributed by atoms with van der Waals surface area (Å²) in [5, 5.41) is 0.680.